The Morgan fingerprint density at radius 2 is 1.94 bits per heavy atom. The number of ether oxygens (including phenoxy) is 1. The van der Waals surface area contributed by atoms with Crippen molar-refractivity contribution < 1.29 is 19.4 Å². The molecule has 100 valence electrons. The van der Waals surface area contributed by atoms with Crippen LogP contribution in [-0.4, -0.2) is 40.3 Å². The second kappa shape index (κ2) is 6.59. The van der Waals surface area contributed by atoms with E-state index < -0.39 is 17.8 Å². The van der Waals surface area contributed by atoms with Crippen LogP contribution in [0.3, 0.4) is 0 Å². The van der Waals surface area contributed by atoms with Crippen LogP contribution in [0.5, 0.6) is 0 Å². The number of aliphatic hydroxyl groups excluding tert-OH is 1. The van der Waals surface area contributed by atoms with E-state index in [0.29, 0.717) is 0 Å². The summed E-state index contributed by atoms with van der Waals surface area (Å²) in [5, 5.41) is 9.15. The summed E-state index contributed by atoms with van der Waals surface area (Å²) >= 11 is 0. The average Bonchev–Trinajstić information content (AvgIpc) is 2.43. The molecule has 1 saturated heterocycles. The molecule has 0 aromatic carbocycles. The van der Waals surface area contributed by atoms with Gasteiger partial charge < -0.3 is 9.84 Å². The number of imide groups is 1. The molecular weight excluding hydrogens is 222 g/mol. The number of nitrogens with zero attached hydrogens (tertiary/aromatic N) is 1. The maximum Gasteiger partial charge on any atom is 0.417 e. The predicted octanol–water partition coefficient (Wildman–Crippen LogP) is 1.93. The zero-order valence-corrected chi connectivity index (χ0v) is 11.3. The highest BCUT2D eigenvalue weighted by Gasteiger charge is 2.35. The SMILES string of the molecule is CC(C)(C)OC(=O)N1CC(O)CC1=O.CCC. The summed E-state index contributed by atoms with van der Waals surface area (Å²) in [5.41, 5.74) is -0.620. The number of carbonyl (C=O) groups excluding carboxylic acids is 2. The van der Waals surface area contributed by atoms with Crippen molar-refractivity contribution in [2.75, 3.05) is 6.54 Å². The van der Waals surface area contributed by atoms with E-state index in [0.717, 1.165) is 4.90 Å². The fraction of sp³-hybridized carbons (Fsp3) is 0.833. The second-order valence-electron chi connectivity index (χ2n) is 5.05. The Morgan fingerprint density at radius 3 is 2.24 bits per heavy atom. The maximum atomic E-state index is 11.4. The first-order chi connectivity index (χ1) is 7.71. The van der Waals surface area contributed by atoms with Gasteiger partial charge in [0.1, 0.15) is 5.60 Å². The molecule has 2 amide bonds. The van der Waals surface area contributed by atoms with E-state index in [1.165, 1.54) is 6.42 Å². The Labute approximate surface area is 103 Å². The minimum Gasteiger partial charge on any atom is -0.443 e. The van der Waals surface area contributed by atoms with Gasteiger partial charge in [-0.2, -0.15) is 0 Å². The topological polar surface area (TPSA) is 66.8 Å². The molecule has 1 aliphatic heterocycles. The predicted molar refractivity (Wildman–Crippen MR) is 64.5 cm³/mol. The van der Waals surface area contributed by atoms with Crippen LogP contribution in [0.15, 0.2) is 0 Å². The molecule has 0 spiro atoms. The van der Waals surface area contributed by atoms with Crippen LogP contribution in [0.25, 0.3) is 0 Å². The number of β-amino-alcohol motifs (C(OH)–C–C–N with tert-alkyl or cyclic N) is 1. The summed E-state index contributed by atoms with van der Waals surface area (Å²) in [4.78, 5) is 23.5. The summed E-state index contributed by atoms with van der Waals surface area (Å²) in [6.07, 6.45) is -0.187. The molecule has 0 aromatic heterocycles. The van der Waals surface area contributed by atoms with Crippen LogP contribution in [0.2, 0.25) is 0 Å². The standard InChI is InChI=1S/C9H15NO4.C3H8/c1-9(2,3)14-8(13)10-5-6(11)4-7(10)12;1-3-2/h6,11H,4-5H2,1-3H3;3H2,1-2H3. The molecular formula is C12H23NO4. The van der Waals surface area contributed by atoms with E-state index in [1.54, 1.807) is 20.8 Å². The number of hydrogen-bond donors (Lipinski definition) is 1. The molecule has 1 N–H and O–H groups in total. The number of amides is 2. The van der Waals surface area contributed by atoms with Gasteiger partial charge in [-0.25, -0.2) is 9.69 Å². The van der Waals surface area contributed by atoms with Gasteiger partial charge >= 0.3 is 6.09 Å². The third-order valence-corrected chi connectivity index (χ3v) is 1.72. The molecule has 1 fully saturated rings. The van der Waals surface area contributed by atoms with Gasteiger partial charge in [-0.15, -0.1) is 0 Å². The van der Waals surface area contributed by atoms with E-state index in [9.17, 15) is 9.59 Å². The summed E-state index contributed by atoms with van der Waals surface area (Å²) in [6, 6.07) is 0. The Balaban J connectivity index is 0.000000770. The highest BCUT2D eigenvalue weighted by Crippen LogP contribution is 2.16. The molecule has 1 rings (SSSR count). The number of carbonyl (C=O) groups is 2. The molecule has 0 aromatic rings. The first-order valence-corrected chi connectivity index (χ1v) is 5.92. The Bertz CT molecular complexity index is 270. The molecule has 1 aliphatic rings. The Hall–Kier alpha value is -1.10. The molecule has 5 heteroatoms. The van der Waals surface area contributed by atoms with Gasteiger partial charge in [0.2, 0.25) is 5.91 Å². The fourth-order valence-electron chi connectivity index (χ4n) is 1.18. The largest absolute Gasteiger partial charge is 0.443 e. The molecule has 0 radical (unpaired) electrons. The monoisotopic (exact) mass is 245 g/mol. The van der Waals surface area contributed by atoms with Gasteiger partial charge in [-0.1, -0.05) is 20.3 Å². The molecule has 0 saturated carbocycles. The van der Waals surface area contributed by atoms with Crippen molar-refractivity contribution in [3.63, 3.8) is 0 Å². The first-order valence-electron chi connectivity index (χ1n) is 5.92. The minimum absolute atomic E-state index is 0.000751. The van der Waals surface area contributed by atoms with E-state index in [2.05, 4.69) is 13.8 Å². The van der Waals surface area contributed by atoms with Gasteiger partial charge in [0.15, 0.2) is 0 Å². The van der Waals surface area contributed by atoms with E-state index in [4.69, 9.17) is 9.84 Å². The van der Waals surface area contributed by atoms with E-state index in [1.807, 2.05) is 0 Å². The van der Waals surface area contributed by atoms with Crippen molar-refractivity contribution in [3.8, 4) is 0 Å². The summed E-state index contributed by atoms with van der Waals surface area (Å²) in [6.45, 7) is 9.46. The molecule has 5 nitrogen and oxygen atoms in total. The van der Waals surface area contributed by atoms with Crippen LogP contribution in [0.4, 0.5) is 4.79 Å². The third kappa shape index (κ3) is 6.26. The smallest absolute Gasteiger partial charge is 0.417 e. The highest BCUT2D eigenvalue weighted by atomic mass is 16.6. The lowest BCUT2D eigenvalue weighted by Crippen LogP contribution is -2.38. The molecule has 0 bridgehead atoms. The minimum atomic E-state index is -0.755. The lowest BCUT2D eigenvalue weighted by atomic mass is 10.2. The normalized spacial score (nSPS) is 19.8. The Morgan fingerprint density at radius 1 is 1.47 bits per heavy atom. The van der Waals surface area contributed by atoms with E-state index >= 15 is 0 Å². The average molecular weight is 245 g/mol. The summed E-state index contributed by atoms with van der Waals surface area (Å²) in [5.74, 6) is -0.383. The highest BCUT2D eigenvalue weighted by molar-refractivity contribution is 5.94. The quantitative estimate of drug-likeness (QED) is 0.708. The fourth-order valence-corrected chi connectivity index (χ4v) is 1.18. The summed E-state index contributed by atoms with van der Waals surface area (Å²) in [7, 11) is 0. The number of rotatable bonds is 0. The number of aliphatic hydroxyl groups is 1. The van der Waals surface area contributed by atoms with Gasteiger partial charge in [-0.05, 0) is 20.8 Å². The summed E-state index contributed by atoms with van der Waals surface area (Å²) < 4.78 is 5.00. The van der Waals surface area contributed by atoms with Crippen molar-refractivity contribution in [1.82, 2.24) is 4.90 Å². The van der Waals surface area contributed by atoms with Gasteiger partial charge in [-0.3, -0.25) is 4.79 Å². The molecule has 0 aliphatic carbocycles. The number of hydrogen-bond acceptors (Lipinski definition) is 4. The van der Waals surface area contributed by atoms with Crippen molar-refractivity contribution in [1.29, 1.82) is 0 Å². The molecule has 1 unspecified atom stereocenters. The van der Waals surface area contributed by atoms with Crippen molar-refractivity contribution in [2.24, 2.45) is 0 Å². The zero-order chi connectivity index (χ0) is 13.6. The van der Waals surface area contributed by atoms with Crippen molar-refractivity contribution >= 4 is 12.0 Å². The van der Waals surface area contributed by atoms with Crippen molar-refractivity contribution in [2.45, 2.75) is 59.2 Å². The lowest BCUT2D eigenvalue weighted by molar-refractivity contribution is -0.127. The first kappa shape index (κ1) is 15.9. The van der Waals surface area contributed by atoms with Crippen LogP contribution in [0, 0.1) is 0 Å². The van der Waals surface area contributed by atoms with Gasteiger partial charge in [0.05, 0.1) is 19.1 Å². The molecule has 17 heavy (non-hydrogen) atoms. The van der Waals surface area contributed by atoms with E-state index in [-0.39, 0.29) is 18.9 Å². The van der Waals surface area contributed by atoms with Crippen LogP contribution in [0.1, 0.15) is 47.5 Å². The third-order valence-electron chi connectivity index (χ3n) is 1.72. The van der Waals surface area contributed by atoms with Gasteiger partial charge in [0.25, 0.3) is 0 Å². The maximum absolute atomic E-state index is 11.4. The zero-order valence-electron chi connectivity index (χ0n) is 11.3. The second-order valence-corrected chi connectivity index (χ2v) is 5.05. The Kier molecular flexibility index (Phi) is 6.16. The van der Waals surface area contributed by atoms with Crippen LogP contribution >= 0.6 is 0 Å². The van der Waals surface area contributed by atoms with Crippen LogP contribution in [-0.2, 0) is 9.53 Å². The lowest BCUT2D eigenvalue weighted by Gasteiger charge is -2.23. The molecule has 1 heterocycles. The van der Waals surface area contributed by atoms with Crippen LogP contribution < -0.4 is 0 Å². The molecule has 1 atom stereocenters. The number of likely N-dealkylation sites (tertiary alicyclic amines) is 1. The van der Waals surface area contributed by atoms with Crippen molar-refractivity contribution in [3.05, 3.63) is 0 Å². The van der Waals surface area contributed by atoms with Gasteiger partial charge in [0, 0.05) is 0 Å².